The third-order valence-corrected chi connectivity index (χ3v) is 4.22. The number of hydrogen-bond acceptors (Lipinski definition) is 3. The van der Waals surface area contributed by atoms with Crippen molar-refractivity contribution in [1.82, 2.24) is 10.3 Å². The van der Waals surface area contributed by atoms with Crippen LogP contribution in [0.1, 0.15) is 31.9 Å². The molecule has 1 N–H and O–H groups in total. The number of rotatable bonds is 5. The predicted octanol–water partition coefficient (Wildman–Crippen LogP) is 3.32. The minimum absolute atomic E-state index is 0.326. The van der Waals surface area contributed by atoms with Gasteiger partial charge in [0.25, 0.3) is 0 Å². The van der Waals surface area contributed by atoms with E-state index in [0.29, 0.717) is 12.1 Å². The molecule has 0 spiro atoms. The molecule has 0 bridgehead atoms. The molecule has 1 fully saturated rings. The van der Waals surface area contributed by atoms with Crippen LogP contribution in [-0.4, -0.2) is 30.3 Å². The second-order valence-corrected chi connectivity index (χ2v) is 5.77. The maximum absolute atomic E-state index is 5.96. The van der Waals surface area contributed by atoms with E-state index in [1.807, 2.05) is 6.07 Å². The number of likely N-dealkylation sites (N-methyl/N-ethyl adjacent to an activating group) is 1. The lowest BCUT2D eigenvalue weighted by Crippen LogP contribution is -2.44. The molecule has 0 aliphatic carbocycles. The second-order valence-electron chi connectivity index (χ2n) is 5.77. The molecular formula is C18H24N2O. The quantitative estimate of drug-likeness (QED) is 0.914. The van der Waals surface area contributed by atoms with Crippen LogP contribution in [-0.2, 0) is 11.2 Å². The van der Waals surface area contributed by atoms with Crippen molar-refractivity contribution >= 4 is 10.9 Å². The van der Waals surface area contributed by atoms with Gasteiger partial charge in [0.1, 0.15) is 0 Å². The molecule has 1 aliphatic heterocycles. The summed E-state index contributed by atoms with van der Waals surface area (Å²) in [6.07, 6.45) is 4.89. The first kappa shape index (κ1) is 14.5. The van der Waals surface area contributed by atoms with Crippen molar-refractivity contribution in [1.29, 1.82) is 0 Å². The summed E-state index contributed by atoms with van der Waals surface area (Å²) in [6.45, 7) is 4.03. The molecular weight excluding hydrogens is 260 g/mol. The smallest absolute Gasteiger partial charge is 0.0731 e. The van der Waals surface area contributed by atoms with Gasteiger partial charge in [-0.1, -0.05) is 31.2 Å². The molecule has 1 aromatic carbocycles. The van der Waals surface area contributed by atoms with E-state index >= 15 is 0 Å². The van der Waals surface area contributed by atoms with Crippen LogP contribution in [0, 0.1) is 0 Å². The topological polar surface area (TPSA) is 34.2 Å². The Labute approximate surface area is 126 Å². The second kappa shape index (κ2) is 7.01. The molecule has 2 unspecified atom stereocenters. The average Bonchev–Trinajstić information content (AvgIpc) is 2.55. The summed E-state index contributed by atoms with van der Waals surface area (Å²) in [5.41, 5.74) is 2.23. The largest absolute Gasteiger partial charge is 0.377 e. The normalized spacial score (nSPS) is 20.5. The molecule has 1 aliphatic rings. The molecule has 2 aromatic rings. The lowest BCUT2D eigenvalue weighted by atomic mass is 9.97. The molecule has 21 heavy (non-hydrogen) atoms. The van der Waals surface area contributed by atoms with E-state index < -0.39 is 0 Å². The highest BCUT2D eigenvalue weighted by Gasteiger charge is 2.24. The number of pyridine rings is 1. The first-order valence-electron chi connectivity index (χ1n) is 8.06. The molecule has 0 amide bonds. The molecule has 0 radical (unpaired) electrons. The highest BCUT2D eigenvalue weighted by atomic mass is 16.5. The molecule has 1 saturated heterocycles. The van der Waals surface area contributed by atoms with Crippen molar-refractivity contribution in [2.24, 2.45) is 0 Å². The van der Waals surface area contributed by atoms with Crippen LogP contribution in [0.2, 0.25) is 0 Å². The van der Waals surface area contributed by atoms with Crippen LogP contribution >= 0.6 is 0 Å². The molecule has 2 atom stereocenters. The Morgan fingerprint density at radius 2 is 2.14 bits per heavy atom. The third-order valence-electron chi connectivity index (χ3n) is 4.22. The number of hydrogen-bond donors (Lipinski definition) is 1. The number of aromatic nitrogens is 1. The summed E-state index contributed by atoms with van der Waals surface area (Å²) in [7, 11) is 0. The van der Waals surface area contributed by atoms with Crippen molar-refractivity contribution in [2.45, 2.75) is 44.8 Å². The SMILES string of the molecule is CCNC(Cc1ccc2ccccc2n1)C1CCCCO1. The molecule has 2 heterocycles. The fourth-order valence-electron chi connectivity index (χ4n) is 3.13. The van der Waals surface area contributed by atoms with E-state index in [-0.39, 0.29) is 0 Å². The van der Waals surface area contributed by atoms with Crippen LogP contribution in [0.25, 0.3) is 10.9 Å². The van der Waals surface area contributed by atoms with Gasteiger partial charge in [-0.3, -0.25) is 4.98 Å². The number of ether oxygens (including phenoxy) is 1. The fourth-order valence-corrected chi connectivity index (χ4v) is 3.13. The van der Waals surface area contributed by atoms with Gasteiger partial charge >= 0.3 is 0 Å². The van der Waals surface area contributed by atoms with Gasteiger partial charge in [-0.05, 0) is 37.9 Å². The highest BCUT2D eigenvalue weighted by Crippen LogP contribution is 2.19. The van der Waals surface area contributed by atoms with Gasteiger partial charge < -0.3 is 10.1 Å². The molecule has 1 aromatic heterocycles. The Kier molecular flexibility index (Phi) is 4.84. The summed E-state index contributed by atoms with van der Waals surface area (Å²) in [5, 5.41) is 4.79. The molecule has 3 rings (SSSR count). The fraction of sp³-hybridized carbons (Fsp3) is 0.500. The van der Waals surface area contributed by atoms with Crippen molar-refractivity contribution < 1.29 is 4.74 Å². The number of para-hydroxylation sites is 1. The highest BCUT2D eigenvalue weighted by molar-refractivity contribution is 5.78. The van der Waals surface area contributed by atoms with Crippen LogP contribution in [0.4, 0.5) is 0 Å². The lowest BCUT2D eigenvalue weighted by molar-refractivity contribution is -0.00726. The van der Waals surface area contributed by atoms with E-state index in [0.717, 1.165) is 37.2 Å². The van der Waals surface area contributed by atoms with Gasteiger partial charge in [-0.25, -0.2) is 0 Å². The Balaban J connectivity index is 1.76. The summed E-state index contributed by atoms with van der Waals surface area (Å²) in [5.74, 6) is 0. The van der Waals surface area contributed by atoms with Crippen molar-refractivity contribution in [3.63, 3.8) is 0 Å². The zero-order valence-electron chi connectivity index (χ0n) is 12.7. The van der Waals surface area contributed by atoms with Crippen molar-refractivity contribution in [2.75, 3.05) is 13.2 Å². The van der Waals surface area contributed by atoms with Gasteiger partial charge in [-0.15, -0.1) is 0 Å². The Bertz CT molecular complexity index is 578. The zero-order chi connectivity index (χ0) is 14.5. The minimum Gasteiger partial charge on any atom is -0.377 e. The standard InChI is InChI=1S/C18H24N2O/c1-2-19-17(18-9-5-6-12-21-18)13-15-11-10-14-7-3-4-8-16(14)20-15/h3-4,7-8,10-11,17-19H,2,5-6,9,12-13H2,1H3. The van der Waals surface area contributed by atoms with Crippen LogP contribution < -0.4 is 5.32 Å². The van der Waals surface area contributed by atoms with Crippen LogP contribution in [0.5, 0.6) is 0 Å². The predicted molar refractivity (Wildman–Crippen MR) is 86.5 cm³/mol. The van der Waals surface area contributed by atoms with E-state index in [2.05, 4.69) is 42.6 Å². The van der Waals surface area contributed by atoms with E-state index in [9.17, 15) is 0 Å². The summed E-state index contributed by atoms with van der Waals surface area (Å²) in [6, 6.07) is 13.0. The van der Waals surface area contributed by atoms with Crippen LogP contribution in [0.15, 0.2) is 36.4 Å². The first-order valence-corrected chi connectivity index (χ1v) is 8.06. The van der Waals surface area contributed by atoms with Gasteiger partial charge in [0.15, 0.2) is 0 Å². The van der Waals surface area contributed by atoms with E-state index in [4.69, 9.17) is 9.72 Å². The third kappa shape index (κ3) is 3.60. The average molecular weight is 284 g/mol. The Morgan fingerprint density at radius 1 is 1.24 bits per heavy atom. The number of fused-ring (bicyclic) bond motifs is 1. The van der Waals surface area contributed by atoms with E-state index in [1.54, 1.807) is 0 Å². The molecule has 3 heteroatoms. The summed E-state index contributed by atoms with van der Waals surface area (Å²) in [4.78, 5) is 4.80. The van der Waals surface area contributed by atoms with Crippen molar-refractivity contribution in [3.8, 4) is 0 Å². The number of benzene rings is 1. The summed E-state index contributed by atoms with van der Waals surface area (Å²) >= 11 is 0. The van der Waals surface area contributed by atoms with E-state index in [1.165, 1.54) is 18.2 Å². The van der Waals surface area contributed by atoms with Gasteiger partial charge in [-0.2, -0.15) is 0 Å². The number of nitrogens with one attached hydrogen (secondary N) is 1. The zero-order valence-corrected chi connectivity index (χ0v) is 12.7. The summed E-state index contributed by atoms with van der Waals surface area (Å²) < 4.78 is 5.96. The lowest BCUT2D eigenvalue weighted by Gasteiger charge is -2.31. The molecule has 3 nitrogen and oxygen atoms in total. The Hall–Kier alpha value is -1.45. The first-order chi connectivity index (χ1) is 10.4. The van der Waals surface area contributed by atoms with Gasteiger partial charge in [0.05, 0.1) is 11.6 Å². The monoisotopic (exact) mass is 284 g/mol. The maximum Gasteiger partial charge on any atom is 0.0731 e. The molecule has 112 valence electrons. The Morgan fingerprint density at radius 3 is 2.95 bits per heavy atom. The van der Waals surface area contributed by atoms with Crippen molar-refractivity contribution in [3.05, 3.63) is 42.1 Å². The van der Waals surface area contributed by atoms with Gasteiger partial charge in [0, 0.05) is 30.1 Å². The molecule has 0 saturated carbocycles. The van der Waals surface area contributed by atoms with Crippen LogP contribution in [0.3, 0.4) is 0 Å². The van der Waals surface area contributed by atoms with Gasteiger partial charge in [0.2, 0.25) is 0 Å². The minimum atomic E-state index is 0.326. The maximum atomic E-state index is 5.96. The number of nitrogens with zero attached hydrogens (tertiary/aromatic N) is 1.